The van der Waals surface area contributed by atoms with Crippen molar-refractivity contribution in [2.75, 3.05) is 18.0 Å². The smallest absolute Gasteiger partial charge is 0.393 e. The molecule has 2 rings (SSSR count). The van der Waals surface area contributed by atoms with Crippen LogP contribution in [0.15, 0.2) is 48.5 Å². The van der Waals surface area contributed by atoms with Gasteiger partial charge in [0, 0.05) is 38.4 Å². The maximum absolute atomic E-state index is 12.7. The van der Waals surface area contributed by atoms with E-state index in [4.69, 9.17) is 6.57 Å². The average molecular weight is 461 g/mol. The Balaban J connectivity index is 0.000000817. The Morgan fingerprint density at radius 1 is 1.04 bits per heavy atom. The van der Waals surface area contributed by atoms with Crippen LogP contribution in [0.3, 0.4) is 0 Å². The third-order valence-corrected chi connectivity index (χ3v) is 3.02. The van der Waals surface area contributed by atoms with Crippen LogP contribution in [0.1, 0.15) is 5.56 Å². The van der Waals surface area contributed by atoms with Crippen molar-refractivity contribution in [3.05, 3.63) is 78.5 Å². The summed E-state index contributed by atoms with van der Waals surface area (Å²) < 4.78 is 75.1. The van der Waals surface area contributed by atoms with Crippen molar-refractivity contribution in [1.82, 2.24) is 0 Å². The second-order valence-electron chi connectivity index (χ2n) is 4.93. The van der Waals surface area contributed by atoms with Crippen LogP contribution >= 0.6 is 0 Å². The van der Waals surface area contributed by atoms with Crippen molar-refractivity contribution in [3.63, 3.8) is 0 Å². The van der Waals surface area contributed by atoms with Crippen LogP contribution in [0.25, 0.3) is 4.85 Å². The molecule has 0 N–H and O–H groups in total. The largest absolute Gasteiger partial charge is 0.407 e. The van der Waals surface area contributed by atoms with Crippen LogP contribution in [0.4, 0.5) is 37.7 Å². The van der Waals surface area contributed by atoms with E-state index in [9.17, 15) is 26.3 Å². The van der Waals surface area contributed by atoms with Crippen LogP contribution in [-0.2, 0) is 38.9 Å². The molecule has 2 aromatic rings. The van der Waals surface area contributed by atoms with Gasteiger partial charge in [-0.2, -0.15) is 62.7 Å². The first-order valence-corrected chi connectivity index (χ1v) is 7.19. The van der Waals surface area contributed by atoms with Gasteiger partial charge in [-0.05, 0) is 12.1 Å². The minimum Gasteiger partial charge on any atom is -0.393 e. The average Bonchev–Trinajstić information content (AvgIpc) is 2.59. The van der Waals surface area contributed by atoms with Gasteiger partial charge in [-0.25, -0.2) is 4.85 Å². The number of hydrogen-bond donors (Lipinski definition) is 0. The first-order valence-electron chi connectivity index (χ1n) is 7.19. The van der Waals surface area contributed by atoms with E-state index in [1.807, 2.05) is 30.3 Å². The van der Waals surface area contributed by atoms with E-state index in [1.165, 1.54) is 0 Å². The first-order chi connectivity index (χ1) is 12.1. The Hall–Kier alpha value is -1.59. The molecular formula is C18H14F6N2Y-2. The summed E-state index contributed by atoms with van der Waals surface area (Å²) in [7, 11) is 0. The van der Waals surface area contributed by atoms with Gasteiger partial charge < -0.3 is 11.8 Å². The molecule has 0 bridgehead atoms. The molecule has 9 heteroatoms. The Kier molecular flexibility index (Phi) is 10.6. The van der Waals surface area contributed by atoms with Crippen molar-refractivity contribution < 1.29 is 59.1 Å². The second-order valence-corrected chi connectivity index (χ2v) is 4.93. The van der Waals surface area contributed by atoms with Gasteiger partial charge >= 0.3 is 12.4 Å². The zero-order chi connectivity index (χ0) is 19.8. The van der Waals surface area contributed by atoms with Crippen LogP contribution in [-0.4, -0.2) is 19.3 Å². The predicted octanol–water partition coefficient (Wildman–Crippen LogP) is 5.94. The molecule has 0 saturated heterocycles. The van der Waals surface area contributed by atoms with E-state index in [-0.39, 0.29) is 44.9 Å². The number of alkyl halides is 6. The molecule has 2 aromatic carbocycles. The fraction of sp³-hybridized carbons (Fsp3) is 0.222. The number of nitrogens with zero attached hydrogens (tertiary/aromatic N) is 2. The SMILES string of the molecule is [C-]#[N+]c1ccc(N(C[CH2-])CC(F)(F)F)cc1C(F)(F)F.[Y].[c-]1ccccc1. The van der Waals surface area contributed by atoms with E-state index in [0.717, 1.165) is 12.1 Å². The molecule has 1 radical (unpaired) electrons. The summed E-state index contributed by atoms with van der Waals surface area (Å²) in [5.41, 5.74) is -2.19. The summed E-state index contributed by atoms with van der Waals surface area (Å²) in [5, 5.41) is 0. The number of hydrogen-bond acceptors (Lipinski definition) is 1. The molecule has 0 saturated carbocycles. The minimum atomic E-state index is -4.80. The van der Waals surface area contributed by atoms with Crippen LogP contribution < -0.4 is 4.90 Å². The second kappa shape index (κ2) is 11.3. The zero-order valence-corrected chi connectivity index (χ0v) is 16.8. The molecule has 0 spiro atoms. The van der Waals surface area contributed by atoms with Gasteiger partial charge in [-0.1, -0.05) is 6.07 Å². The maximum Gasteiger partial charge on any atom is 0.407 e. The minimum absolute atomic E-state index is 0. The molecular weight excluding hydrogens is 447 g/mol. The van der Waals surface area contributed by atoms with E-state index in [2.05, 4.69) is 17.8 Å². The molecule has 0 aliphatic carbocycles. The van der Waals surface area contributed by atoms with E-state index < -0.39 is 30.1 Å². The van der Waals surface area contributed by atoms with Gasteiger partial charge in [-0.3, -0.25) is 0 Å². The van der Waals surface area contributed by atoms with Crippen molar-refractivity contribution >= 4 is 11.4 Å². The Bertz CT molecular complexity index is 697. The molecule has 0 aromatic heterocycles. The fourth-order valence-corrected chi connectivity index (χ4v) is 1.90. The van der Waals surface area contributed by atoms with Crippen LogP contribution in [0.2, 0.25) is 0 Å². The van der Waals surface area contributed by atoms with Gasteiger partial charge in [0.1, 0.15) is 6.54 Å². The molecule has 2 nitrogen and oxygen atoms in total. The van der Waals surface area contributed by atoms with E-state index in [1.54, 1.807) is 0 Å². The van der Waals surface area contributed by atoms with E-state index >= 15 is 0 Å². The summed E-state index contributed by atoms with van der Waals surface area (Å²) >= 11 is 0. The number of halogens is 6. The van der Waals surface area contributed by atoms with Gasteiger partial charge in [0.2, 0.25) is 0 Å². The van der Waals surface area contributed by atoms with Crippen molar-refractivity contribution in [2.24, 2.45) is 0 Å². The standard InChI is InChI=1S/C12H9F6N2.C6H5.Y/c1-3-20(7-11(13,14)15)8-4-5-10(19-2)9(6-8)12(16,17)18;1-2-4-6-5-3-1;/h4-6H,1,3,7H2;1-5H;/q2*-1;. The summed E-state index contributed by atoms with van der Waals surface area (Å²) in [6.45, 7) is 8.15. The van der Waals surface area contributed by atoms with Gasteiger partial charge in [0.25, 0.3) is 0 Å². The zero-order valence-electron chi connectivity index (χ0n) is 14.0. The number of anilines is 1. The molecule has 0 aliphatic heterocycles. The quantitative estimate of drug-likeness (QED) is 0.406. The van der Waals surface area contributed by atoms with Crippen molar-refractivity contribution in [2.45, 2.75) is 12.4 Å². The number of rotatable bonds is 3. The molecule has 0 amide bonds. The van der Waals surface area contributed by atoms with Crippen LogP contribution in [0, 0.1) is 19.6 Å². The fourth-order valence-electron chi connectivity index (χ4n) is 1.90. The summed E-state index contributed by atoms with van der Waals surface area (Å²) in [6.07, 6.45) is -9.37. The molecule has 0 atom stereocenters. The molecule has 0 fully saturated rings. The van der Waals surface area contributed by atoms with Gasteiger partial charge in [0.05, 0.1) is 12.1 Å². The van der Waals surface area contributed by atoms with Crippen molar-refractivity contribution in [3.8, 4) is 0 Å². The van der Waals surface area contributed by atoms with Crippen LogP contribution in [0.5, 0.6) is 0 Å². The van der Waals surface area contributed by atoms with E-state index in [0.29, 0.717) is 11.0 Å². The molecule has 0 aliphatic rings. The first kappa shape index (κ1) is 25.4. The Morgan fingerprint density at radius 3 is 1.96 bits per heavy atom. The normalized spacial score (nSPS) is 10.7. The molecule has 0 unspecified atom stereocenters. The summed E-state index contributed by atoms with van der Waals surface area (Å²) in [6, 6.07) is 14.9. The van der Waals surface area contributed by atoms with Gasteiger partial charge in [-0.15, -0.1) is 6.54 Å². The summed E-state index contributed by atoms with van der Waals surface area (Å²) in [4.78, 5) is 3.37. The van der Waals surface area contributed by atoms with Crippen molar-refractivity contribution in [1.29, 1.82) is 0 Å². The third kappa shape index (κ3) is 9.25. The maximum atomic E-state index is 12.7. The molecule has 143 valence electrons. The Labute approximate surface area is 178 Å². The van der Waals surface area contributed by atoms with Gasteiger partial charge in [0.15, 0.2) is 5.69 Å². The third-order valence-electron chi connectivity index (χ3n) is 3.02. The topological polar surface area (TPSA) is 7.60 Å². The Morgan fingerprint density at radius 2 is 1.63 bits per heavy atom. The number of benzene rings is 2. The monoisotopic (exact) mass is 461 g/mol. The summed E-state index contributed by atoms with van der Waals surface area (Å²) in [5.74, 6) is 0. The molecule has 27 heavy (non-hydrogen) atoms. The molecule has 0 heterocycles. The predicted molar refractivity (Wildman–Crippen MR) is 86.6 cm³/mol.